The van der Waals surface area contributed by atoms with Crippen LogP contribution in [0.4, 0.5) is 0 Å². The third kappa shape index (κ3) is 2.79. The summed E-state index contributed by atoms with van der Waals surface area (Å²) in [5, 5.41) is 13.0. The Kier molecular flexibility index (Phi) is 3.69. The average Bonchev–Trinajstić information content (AvgIpc) is 2.28. The highest BCUT2D eigenvalue weighted by Gasteiger charge is 2.23. The smallest absolute Gasteiger partial charge is 0.257 e. The first-order valence-electron chi connectivity index (χ1n) is 5.59. The van der Waals surface area contributed by atoms with Crippen LogP contribution in [0.2, 0.25) is 0 Å². The van der Waals surface area contributed by atoms with Gasteiger partial charge in [-0.2, -0.15) is 0 Å². The number of halogens is 1. The molecule has 1 saturated heterocycles. The first-order chi connectivity index (χ1) is 8.08. The summed E-state index contributed by atoms with van der Waals surface area (Å²) in [6.45, 7) is 4.19. The number of aromatic hydroxyl groups is 1. The van der Waals surface area contributed by atoms with E-state index in [1.807, 2.05) is 6.92 Å². The van der Waals surface area contributed by atoms with Crippen molar-refractivity contribution in [1.29, 1.82) is 0 Å². The number of phenolic OH excluding ortho intramolecular Hbond substituents is 1. The molecule has 0 spiro atoms. The highest BCUT2D eigenvalue weighted by Crippen LogP contribution is 2.23. The number of hydrogen-bond acceptors (Lipinski definition) is 3. The maximum absolute atomic E-state index is 12.2. The largest absolute Gasteiger partial charge is 0.507 e. The van der Waals surface area contributed by atoms with Crippen LogP contribution in [0.1, 0.15) is 17.3 Å². The number of nitrogens with zero attached hydrogens (tertiary/aromatic N) is 1. The van der Waals surface area contributed by atoms with Gasteiger partial charge in [0.05, 0.1) is 5.56 Å². The maximum Gasteiger partial charge on any atom is 0.257 e. The average molecular weight is 299 g/mol. The molecule has 1 amide bonds. The van der Waals surface area contributed by atoms with Gasteiger partial charge in [-0.3, -0.25) is 4.79 Å². The Labute approximate surface area is 109 Å². The van der Waals surface area contributed by atoms with Crippen molar-refractivity contribution in [2.45, 2.75) is 13.0 Å². The molecular weight excluding hydrogens is 284 g/mol. The fourth-order valence-electron chi connectivity index (χ4n) is 1.97. The zero-order valence-electron chi connectivity index (χ0n) is 9.61. The highest BCUT2D eigenvalue weighted by atomic mass is 79.9. The summed E-state index contributed by atoms with van der Waals surface area (Å²) < 4.78 is 0.764. The second kappa shape index (κ2) is 5.06. The highest BCUT2D eigenvalue weighted by molar-refractivity contribution is 9.10. The number of carbonyl (C=O) groups is 1. The molecular formula is C12H15BrN2O2. The third-order valence-electron chi connectivity index (χ3n) is 2.85. The SMILES string of the molecule is C[C@@H]1CN(C(=O)c2ccc(Br)cc2O)CCN1. The molecule has 17 heavy (non-hydrogen) atoms. The van der Waals surface area contributed by atoms with Crippen LogP contribution in [0, 0.1) is 0 Å². The number of nitrogens with one attached hydrogen (secondary N) is 1. The van der Waals surface area contributed by atoms with E-state index in [1.165, 1.54) is 0 Å². The summed E-state index contributed by atoms with van der Waals surface area (Å²) in [5.41, 5.74) is 0.363. The van der Waals surface area contributed by atoms with Crippen molar-refractivity contribution in [2.75, 3.05) is 19.6 Å². The Hall–Kier alpha value is -1.07. The lowest BCUT2D eigenvalue weighted by atomic mass is 10.1. The van der Waals surface area contributed by atoms with Crippen LogP contribution >= 0.6 is 15.9 Å². The Balaban J connectivity index is 2.18. The molecule has 2 N–H and O–H groups in total. The molecule has 5 heteroatoms. The molecule has 0 radical (unpaired) electrons. The topological polar surface area (TPSA) is 52.6 Å². The van der Waals surface area contributed by atoms with Gasteiger partial charge < -0.3 is 15.3 Å². The minimum Gasteiger partial charge on any atom is -0.507 e. The molecule has 1 atom stereocenters. The van der Waals surface area contributed by atoms with E-state index in [4.69, 9.17) is 0 Å². The second-order valence-corrected chi connectivity index (χ2v) is 5.18. The summed E-state index contributed by atoms with van der Waals surface area (Å²) >= 11 is 3.26. The van der Waals surface area contributed by atoms with Crippen LogP contribution in [0.3, 0.4) is 0 Å². The van der Waals surface area contributed by atoms with Crippen molar-refractivity contribution in [3.63, 3.8) is 0 Å². The van der Waals surface area contributed by atoms with Gasteiger partial charge in [-0.1, -0.05) is 15.9 Å². The summed E-state index contributed by atoms with van der Waals surface area (Å²) in [6, 6.07) is 5.25. The summed E-state index contributed by atoms with van der Waals surface area (Å²) in [6.07, 6.45) is 0. The van der Waals surface area contributed by atoms with Crippen molar-refractivity contribution in [3.8, 4) is 5.75 Å². The first-order valence-corrected chi connectivity index (χ1v) is 6.38. The lowest BCUT2D eigenvalue weighted by Crippen LogP contribution is -2.51. The van der Waals surface area contributed by atoms with Gasteiger partial charge in [0.2, 0.25) is 0 Å². The number of carbonyl (C=O) groups excluding carboxylic acids is 1. The number of amides is 1. The number of hydrogen-bond donors (Lipinski definition) is 2. The van der Waals surface area contributed by atoms with E-state index in [0.717, 1.165) is 11.0 Å². The standard InChI is InChI=1S/C12H15BrN2O2/c1-8-7-15(5-4-14-8)12(17)10-3-2-9(13)6-11(10)16/h2-3,6,8,14,16H,4-5,7H2,1H3/t8-/m1/s1. The predicted molar refractivity (Wildman–Crippen MR) is 69.2 cm³/mol. The van der Waals surface area contributed by atoms with Crippen LogP contribution in [0.5, 0.6) is 5.75 Å². The fourth-order valence-corrected chi connectivity index (χ4v) is 2.32. The third-order valence-corrected chi connectivity index (χ3v) is 3.34. The second-order valence-electron chi connectivity index (χ2n) is 4.27. The zero-order chi connectivity index (χ0) is 12.4. The summed E-state index contributed by atoms with van der Waals surface area (Å²) in [4.78, 5) is 14.0. The minimum absolute atomic E-state index is 0.0237. The number of piperazine rings is 1. The van der Waals surface area contributed by atoms with Crippen molar-refractivity contribution >= 4 is 21.8 Å². The lowest BCUT2D eigenvalue weighted by molar-refractivity contribution is 0.0706. The molecule has 1 aromatic carbocycles. The van der Waals surface area contributed by atoms with E-state index >= 15 is 0 Å². The molecule has 1 fully saturated rings. The quantitative estimate of drug-likeness (QED) is 0.828. The molecule has 1 heterocycles. The molecule has 1 aliphatic heterocycles. The fraction of sp³-hybridized carbons (Fsp3) is 0.417. The molecule has 1 aliphatic rings. The van der Waals surface area contributed by atoms with E-state index in [2.05, 4.69) is 21.2 Å². The molecule has 4 nitrogen and oxygen atoms in total. The zero-order valence-corrected chi connectivity index (χ0v) is 11.2. The molecule has 0 unspecified atom stereocenters. The summed E-state index contributed by atoms with van der Waals surface area (Å²) in [5.74, 6) is -0.0843. The van der Waals surface area contributed by atoms with Gasteiger partial charge in [-0.25, -0.2) is 0 Å². The molecule has 0 bridgehead atoms. The number of phenols is 1. The van der Waals surface area contributed by atoms with Crippen molar-refractivity contribution in [1.82, 2.24) is 10.2 Å². The monoisotopic (exact) mass is 298 g/mol. The minimum atomic E-state index is -0.108. The maximum atomic E-state index is 12.2. The van der Waals surface area contributed by atoms with Gasteiger partial charge in [0.15, 0.2) is 0 Å². The van der Waals surface area contributed by atoms with Gasteiger partial charge in [0.25, 0.3) is 5.91 Å². The van der Waals surface area contributed by atoms with Crippen LogP contribution in [-0.2, 0) is 0 Å². The lowest BCUT2D eigenvalue weighted by Gasteiger charge is -2.32. The van der Waals surface area contributed by atoms with Gasteiger partial charge in [-0.15, -0.1) is 0 Å². The predicted octanol–water partition coefficient (Wildman–Crippen LogP) is 1.59. The van der Waals surface area contributed by atoms with Crippen LogP contribution in [-0.4, -0.2) is 41.6 Å². The van der Waals surface area contributed by atoms with Gasteiger partial charge >= 0.3 is 0 Å². The summed E-state index contributed by atoms with van der Waals surface area (Å²) in [7, 11) is 0. The Morgan fingerprint density at radius 1 is 1.59 bits per heavy atom. The Bertz CT molecular complexity index is 437. The van der Waals surface area contributed by atoms with Gasteiger partial charge in [0, 0.05) is 30.1 Å². The van der Waals surface area contributed by atoms with Crippen LogP contribution < -0.4 is 5.32 Å². The van der Waals surface area contributed by atoms with Gasteiger partial charge in [-0.05, 0) is 25.1 Å². The van der Waals surface area contributed by atoms with E-state index < -0.39 is 0 Å². The first kappa shape index (κ1) is 12.4. The molecule has 2 rings (SSSR count). The molecule has 0 aliphatic carbocycles. The molecule has 1 aromatic rings. The number of rotatable bonds is 1. The van der Waals surface area contributed by atoms with Gasteiger partial charge in [0.1, 0.15) is 5.75 Å². The normalized spacial score (nSPS) is 20.4. The Morgan fingerprint density at radius 2 is 2.35 bits per heavy atom. The molecule has 0 saturated carbocycles. The van der Waals surface area contributed by atoms with E-state index in [-0.39, 0.29) is 11.7 Å². The molecule has 0 aromatic heterocycles. The molecule has 92 valence electrons. The Morgan fingerprint density at radius 3 is 3.00 bits per heavy atom. The van der Waals surface area contributed by atoms with Crippen LogP contribution in [0.15, 0.2) is 22.7 Å². The van der Waals surface area contributed by atoms with Crippen molar-refractivity contribution < 1.29 is 9.90 Å². The van der Waals surface area contributed by atoms with Crippen LogP contribution in [0.25, 0.3) is 0 Å². The number of benzene rings is 1. The van der Waals surface area contributed by atoms with E-state index in [0.29, 0.717) is 24.7 Å². The van der Waals surface area contributed by atoms with Crippen molar-refractivity contribution in [2.24, 2.45) is 0 Å². The van der Waals surface area contributed by atoms with E-state index in [9.17, 15) is 9.90 Å². The van der Waals surface area contributed by atoms with Crippen molar-refractivity contribution in [3.05, 3.63) is 28.2 Å². The van der Waals surface area contributed by atoms with E-state index in [1.54, 1.807) is 23.1 Å².